The number of carbonyl (C=O) groups is 1. The third-order valence-electron chi connectivity index (χ3n) is 3.75. The third-order valence-corrected chi connectivity index (χ3v) is 4.90. The summed E-state index contributed by atoms with van der Waals surface area (Å²) in [7, 11) is 0. The number of benzene rings is 1. The van der Waals surface area contributed by atoms with Crippen LogP contribution in [-0.4, -0.2) is 15.9 Å². The van der Waals surface area contributed by atoms with Gasteiger partial charge in [0.15, 0.2) is 0 Å². The van der Waals surface area contributed by atoms with Gasteiger partial charge < -0.3 is 5.32 Å². The van der Waals surface area contributed by atoms with Gasteiger partial charge in [0.05, 0.1) is 17.8 Å². The average molecular weight is 337 g/mol. The lowest BCUT2D eigenvalue weighted by Crippen LogP contribution is -2.22. The second-order valence-electron chi connectivity index (χ2n) is 5.70. The minimum atomic E-state index is -0.129. The van der Waals surface area contributed by atoms with E-state index in [4.69, 9.17) is 0 Å². The number of aromatic nitrogens is 2. The number of nitrogens with zero attached hydrogens (tertiary/aromatic N) is 2. The Balaban J connectivity index is 1.63. The van der Waals surface area contributed by atoms with Crippen molar-refractivity contribution in [3.63, 3.8) is 0 Å². The molecule has 0 aliphatic rings. The predicted molar refractivity (Wildman–Crippen MR) is 96.2 cm³/mol. The highest BCUT2D eigenvalue weighted by Crippen LogP contribution is 2.22. The van der Waals surface area contributed by atoms with Crippen LogP contribution in [0.1, 0.15) is 37.1 Å². The Kier molecular flexibility index (Phi) is 5.01. The zero-order valence-electron chi connectivity index (χ0n) is 13.7. The van der Waals surface area contributed by atoms with Gasteiger partial charge in [-0.15, -0.1) is 11.3 Å². The van der Waals surface area contributed by atoms with E-state index < -0.39 is 0 Å². The molecule has 0 fully saturated rings. The lowest BCUT2D eigenvalue weighted by Gasteiger charge is -2.02. The summed E-state index contributed by atoms with van der Waals surface area (Å²) in [6.45, 7) is 4.55. The summed E-state index contributed by atoms with van der Waals surface area (Å²) in [5.74, 6) is -0.129. The number of carbonyl (C=O) groups excluding carboxylic acids is 1. The fourth-order valence-corrected chi connectivity index (χ4v) is 3.42. The molecule has 0 aliphatic heterocycles. The minimum Gasteiger partial charge on any atom is -0.345 e. The maximum Gasteiger partial charge on any atom is 0.253 e. The van der Waals surface area contributed by atoms with E-state index in [-0.39, 0.29) is 5.91 Å². The number of hydrogen-bond acceptors (Lipinski definition) is 4. The predicted octanol–water partition coefficient (Wildman–Crippen LogP) is 3.68. The quantitative estimate of drug-likeness (QED) is 0.773. The van der Waals surface area contributed by atoms with Crippen LogP contribution < -0.4 is 5.32 Å². The van der Waals surface area contributed by atoms with Crippen LogP contribution in [0.25, 0.3) is 0 Å². The molecule has 122 valence electrons. The smallest absolute Gasteiger partial charge is 0.253 e. The normalized spacial score (nSPS) is 10.6. The Hall–Kier alpha value is -2.53. The standard InChI is InChI=1S/C19H19N3OS/c1-13-5-7-15(8-6-13)10-17-14(2)22-18(24-17)12-21-19(23)16-4-3-9-20-11-16/h3-9,11H,10,12H2,1-2H3,(H,21,23). The third kappa shape index (κ3) is 4.06. The highest BCUT2D eigenvalue weighted by atomic mass is 32.1. The maximum atomic E-state index is 12.1. The first-order chi connectivity index (χ1) is 11.6. The van der Waals surface area contributed by atoms with Crippen LogP contribution in [0.15, 0.2) is 48.8 Å². The van der Waals surface area contributed by atoms with Crippen molar-refractivity contribution in [1.82, 2.24) is 15.3 Å². The molecule has 0 aliphatic carbocycles. The van der Waals surface area contributed by atoms with E-state index >= 15 is 0 Å². The van der Waals surface area contributed by atoms with E-state index in [0.717, 1.165) is 17.1 Å². The first-order valence-electron chi connectivity index (χ1n) is 7.81. The van der Waals surface area contributed by atoms with Crippen molar-refractivity contribution in [2.24, 2.45) is 0 Å². The number of pyridine rings is 1. The number of amides is 1. The van der Waals surface area contributed by atoms with E-state index in [9.17, 15) is 4.79 Å². The van der Waals surface area contributed by atoms with Crippen molar-refractivity contribution in [3.8, 4) is 0 Å². The highest BCUT2D eigenvalue weighted by molar-refractivity contribution is 7.11. The fraction of sp³-hybridized carbons (Fsp3) is 0.211. The second-order valence-corrected chi connectivity index (χ2v) is 6.87. The monoisotopic (exact) mass is 337 g/mol. The number of nitrogens with one attached hydrogen (secondary N) is 1. The molecule has 1 amide bonds. The zero-order chi connectivity index (χ0) is 16.9. The van der Waals surface area contributed by atoms with Gasteiger partial charge in [-0.05, 0) is 31.5 Å². The summed E-state index contributed by atoms with van der Waals surface area (Å²) < 4.78 is 0. The van der Waals surface area contributed by atoms with Gasteiger partial charge in [0.25, 0.3) is 5.91 Å². The molecule has 0 atom stereocenters. The van der Waals surface area contributed by atoms with Crippen LogP contribution in [0.4, 0.5) is 0 Å². The van der Waals surface area contributed by atoms with Crippen LogP contribution in [0.3, 0.4) is 0 Å². The summed E-state index contributed by atoms with van der Waals surface area (Å²) in [6.07, 6.45) is 4.09. The Bertz CT molecular complexity index is 826. The van der Waals surface area contributed by atoms with E-state index in [0.29, 0.717) is 12.1 Å². The van der Waals surface area contributed by atoms with Gasteiger partial charge in [-0.25, -0.2) is 4.98 Å². The molecule has 0 saturated heterocycles. The van der Waals surface area contributed by atoms with Crippen molar-refractivity contribution >= 4 is 17.2 Å². The molecule has 0 saturated carbocycles. The van der Waals surface area contributed by atoms with E-state index in [1.807, 2.05) is 6.92 Å². The van der Waals surface area contributed by atoms with E-state index in [1.165, 1.54) is 16.0 Å². The fourth-order valence-electron chi connectivity index (χ4n) is 2.37. The van der Waals surface area contributed by atoms with E-state index in [2.05, 4.69) is 46.5 Å². The molecule has 0 spiro atoms. The van der Waals surface area contributed by atoms with Gasteiger partial charge in [0, 0.05) is 23.7 Å². The first-order valence-corrected chi connectivity index (χ1v) is 8.62. The van der Waals surface area contributed by atoms with Gasteiger partial charge in [0.1, 0.15) is 5.01 Å². The van der Waals surface area contributed by atoms with Crippen molar-refractivity contribution in [2.75, 3.05) is 0 Å². The van der Waals surface area contributed by atoms with Gasteiger partial charge in [-0.1, -0.05) is 29.8 Å². The summed E-state index contributed by atoms with van der Waals surface area (Å²) in [5.41, 5.74) is 4.13. The lowest BCUT2D eigenvalue weighted by molar-refractivity contribution is 0.0950. The summed E-state index contributed by atoms with van der Waals surface area (Å²) in [6, 6.07) is 12.1. The number of thiazole rings is 1. The van der Waals surface area contributed by atoms with Crippen LogP contribution in [-0.2, 0) is 13.0 Å². The molecular weight excluding hydrogens is 318 g/mol. The summed E-state index contributed by atoms with van der Waals surface area (Å²) in [4.78, 5) is 21.8. The van der Waals surface area contributed by atoms with Crippen LogP contribution in [0, 0.1) is 13.8 Å². The largest absolute Gasteiger partial charge is 0.345 e. The number of aryl methyl sites for hydroxylation is 2. The SMILES string of the molecule is Cc1ccc(Cc2sc(CNC(=O)c3cccnc3)nc2C)cc1. The van der Waals surface area contributed by atoms with Crippen molar-refractivity contribution in [2.45, 2.75) is 26.8 Å². The first kappa shape index (κ1) is 16.3. The maximum absolute atomic E-state index is 12.1. The van der Waals surface area contributed by atoms with Crippen LogP contribution in [0.5, 0.6) is 0 Å². The molecule has 4 nitrogen and oxygen atoms in total. The van der Waals surface area contributed by atoms with Crippen molar-refractivity contribution in [1.29, 1.82) is 0 Å². The van der Waals surface area contributed by atoms with Gasteiger partial charge in [-0.2, -0.15) is 0 Å². The van der Waals surface area contributed by atoms with E-state index in [1.54, 1.807) is 35.9 Å². The molecule has 0 bridgehead atoms. The summed E-state index contributed by atoms with van der Waals surface area (Å²) >= 11 is 1.65. The number of hydrogen-bond donors (Lipinski definition) is 1. The minimum absolute atomic E-state index is 0.129. The Labute approximate surface area is 145 Å². The highest BCUT2D eigenvalue weighted by Gasteiger charge is 2.10. The molecule has 2 heterocycles. The second kappa shape index (κ2) is 7.36. The zero-order valence-corrected chi connectivity index (χ0v) is 14.6. The molecule has 3 aromatic rings. The molecule has 5 heteroatoms. The topological polar surface area (TPSA) is 54.9 Å². The molecule has 0 unspecified atom stereocenters. The Morgan fingerprint density at radius 3 is 2.67 bits per heavy atom. The molecule has 2 aromatic heterocycles. The molecule has 1 N–H and O–H groups in total. The molecule has 24 heavy (non-hydrogen) atoms. The van der Waals surface area contributed by atoms with Crippen molar-refractivity contribution < 1.29 is 4.79 Å². The lowest BCUT2D eigenvalue weighted by atomic mass is 10.1. The molecule has 3 rings (SSSR count). The van der Waals surface area contributed by atoms with Gasteiger partial charge in [-0.3, -0.25) is 9.78 Å². The summed E-state index contributed by atoms with van der Waals surface area (Å²) in [5, 5.41) is 3.82. The van der Waals surface area contributed by atoms with Gasteiger partial charge in [0.2, 0.25) is 0 Å². The van der Waals surface area contributed by atoms with Crippen LogP contribution >= 0.6 is 11.3 Å². The Morgan fingerprint density at radius 1 is 1.17 bits per heavy atom. The molecular formula is C19H19N3OS. The van der Waals surface area contributed by atoms with Crippen molar-refractivity contribution in [3.05, 3.63) is 81.1 Å². The molecule has 1 aromatic carbocycles. The Morgan fingerprint density at radius 2 is 1.96 bits per heavy atom. The molecule has 0 radical (unpaired) electrons. The van der Waals surface area contributed by atoms with Crippen LogP contribution in [0.2, 0.25) is 0 Å². The average Bonchev–Trinajstić information content (AvgIpc) is 2.95. The van der Waals surface area contributed by atoms with Gasteiger partial charge >= 0.3 is 0 Å². The number of rotatable bonds is 5.